The van der Waals surface area contributed by atoms with Gasteiger partial charge in [-0.25, -0.2) is 17.9 Å². The van der Waals surface area contributed by atoms with E-state index in [2.05, 4.69) is 11.3 Å². The molecule has 0 aliphatic heterocycles. The van der Waals surface area contributed by atoms with Gasteiger partial charge in [0.1, 0.15) is 9.77 Å². The Morgan fingerprint density at radius 2 is 2.25 bits per heavy atom. The van der Waals surface area contributed by atoms with Crippen LogP contribution >= 0.6 is 11.3 Å². The van der Waals surface area contributed by atoms with Crippen molar-refractivity contribution in [1.29, 1.82) is 0 Å². The number of ether oxygens (including phenoxy) is 1. The molecule has 1 aromatic heterocycles. The van der Waals surface area contributed by atoms with Crippen LogP contribution in [0.15, 0.2) is 22.9 Å². The van der Waals surface area contributed by atoms with Gasteiger partial charge in [-0.05, 0) is 24.3 Å². The molecule has 0 saturated heterocycles. The molecule has 0 aliphatic rings. The quantitative estimate of drug-likeness (QED) is 0.533. The van der Waals surface area contributed by atoms with E-state index < -0.39 is 16.0 Å². The van der Waals surface area contributed by atoms with E-state index in [9.17, 15) is 13.2 Å². The summed E-state index contributed by atoms with van der Waals surface area (Å²) in [7, 11) is -3.84. The zero-order chi connectivity index (χ0) is 15.2. The Hall–Kier alpha value is -1.22. The average molecular weight is 319 g/mol. The van der Waals surface area contributed by atoms with Crippen molar-refractivity contribution >= 4 is 27.3 Å². The summed E-state index contributed by atoms with van der Waals surface area (Å²) in [6, 6.07) is 0. The summed E-state index contributed by atoms with van der Waals surface area (Å²) in [5, 5.41) is 10.5. The first kappa shape index (κ1) is 16.8. The number of thiophene rings is 1. The van der Waals surface area contributed by atoms with Gasteiger partial charge in [0.15, 0.2) is 0 Å². The van der Waals surface area contributed by atoms with Crippen LogP contribution in [0.2, 0.25) is 0 Å². The first-order valence-corrected chi connectivity index (χ1v) is 8.26. The van der Waals surface area contributed by atoms with Crippen molar-refractivity contribution in [3.05, 3.63) is 28.5 Å². The SMILES string of the molecule is C=CCCOCCNS(=O)(=O)c1c(C)csc1C(=O)O. The molecule has 0 radical (unpaired) electrons. The Balaban J connectivity index is 2.67. The van der Waals surface area contributed by atoms with Gasteiger partial charge in [0.2, 0.25) is 10.0 Å². The number of nitrogens with one attached hydrogen (secondary N) is 1. The molecule has 1 rings (SSSR count). The molecule has 0 bridgehead atoms. The molecule has 8 heteroatoms. The van der Waals surface area contributed by atoms with Gasteiger partial charge >= 0.3 is 5.97 Å². The number of hydrogen-bond acceptors (Lipinski definition) is 5. The predicted molar refractivity (Wildman–Crippen MR) is 76.8 cm³/mol. The van der Waals surface area contributed by atoms with Crippen LogP contribution in [0.3, 0.4) is 0 Å². The summed E-state index contributed by atoms with van der Waals surface area (Å²) in [6.07, 6.45) is 2.40. The molecule has 0 saturated carbocycles. The third kappa shape index (κ3) is 4.41. The molecule has 1 aromatic rings. The maximum atomic E-state index is 12.1. The van der Waals surface area contributed by atoms with E-state index in [1.165, 1.54) is 5.38 Å². The van der Waals surface area contributed by atoms with Gasteiger partial charge in [0, 0.05) is 6.54 Å². The van der Waals surface area contributed by atoms with E-state index in [0.717, 1.165) is 11.3 Å². The summed E-state index contributed by atoms with van der Waals surface area (Å²) < 4.78 is 31.7. The van der Waals surface area contributed by atoms with Crippen molar-refractivity contribution in [2.24, 2.45) is 0 Å². The first-order valence-electron chi connectivity index (χ1n) is 5.90. The Labute approximate surface area is 122 Å². The average Bonchev–Trinajstić information content (AvgIpc) is 2.76. The van der Waals surface area contributed by atoms with Crippen LogP contribution in [0, 0.1) is 6.92 Å². The van der Waals surface area contributed by atoms with Crippen LogP contribution in [-0.4, -0.2) is 39.3 Å². The van der Waals surface area contributed by atoms with Crippen molar-refractivity contribution in [2.45, 2.75) is 18.2 Å². The molecule has 0 amide bonds. The molecule has 2 N–H and O–H groups in total. The van der Waals surface area contributed by atoms with E-state index in [1.54, 1.807) is 13.0 Å². The highest BCUT2D eigenvalue weighted by Crippen LogP contribution is 2.26. The van der Waals surface area contributed by atoms with Crippen molar-refractivity contribution in [2.75, 3.05) is 19.8 Å². The maximum Gasteiger partial charge on any atom is 0.347 e. The lowest BCUT2D eigenvalue weighted by molar-refractivity contribution is 0.0698. The summed E-state index contributed by atoms with van der Waals surface area (Å²) in [5.41, 5.74) is 0.424. The minimum Gasteiger partial charge on any atom is -0.477 e. The lowest BCUT2D eigenvalue weighted by Gasteiger charge is -2.08. The minimum absolute atomic E-state index is 0.0911. The van der Waals surface area contributed by atoms with E-state index in [1.807, 2.05) is 0 Å². The fourth-order valence-corrected chi connectivity index (χ4v) is 4.14. The van der Waals surface area contributed by atoms with Gasteiger partial charge in [0.05, 0.1) is 13.2 Å². The van der Waals surface area contributed by atoms with Crippen LogP contribution in [0.1, 0.15) is 21.7 Å². The Kier molecular flexibility index (Phi) is 6.34. The van der Waals surface area contributed by atoms with Crippen molar-refractivity contribution in [3.8, 4) is 0 Å². The normalized spacial score (nSPS) is 11.4. The lowest BCUT2D eigenvalue weighted by atomic mass is 10.3. The maximum absolute atomic E-state index is 12.1. The molecule has 0 unspecified atom stereocenters. The predicted octanol–water partition coefficient (Wildman–Crippen LogP) is 1.63. The molecular formula is C12H17NO5S2. The van der Waals surface area contributed by atoms with Crippen LogP contribution in [0.25, 0.3) is 0 Å². The zero-order valence-corrected chi connectivity index (χ0v) is 12.7. The number of carboxylic acid groups (broad SMARTS) is 1. The number of carboxylic acids is 1. The third-order valence-electron chi connectivity index (χ3n) is 2.39. The molecule has 112 valence electrons. The molecule has 0 fully saturated rings. The summed E-state index contributed by atoms with van der Waals surface area (Å²) >= 11 is 0.900. The first-order chi connectivity index (χ1) is 9.40. The highest BCUT2D eigenvalue weighted by molar-refractivity contribution is 7.89. The van der Waals surface area contributed by atoms with Crippen LogP contribution in [0.5, 0.6) is 0 Å². The monoisotopic (exact) mass is 319 g/mol. The Morgan fingerprint density at radius 1 is 1.55 bits per heavy atom. The summed E-state index contributed by atoms with van der Waals surface area (Å²) in [5.74, 6) is -1.24. The van der Waals surface area contributed by atoms with Crippen LogP contribution < -0.4 is 4.72 Å². The molecule has 0 aromatic carbocycles. The number of aryl methyl sites for hydroxylation is 1. The molecule has 0 spiro atoms. The van der Waals surface area contributed by atoms with Gasteiger partial charge in [-0.3, -0.25) is 0 Å². The van der Waals surface area contributed by atoms with E-state index in [0.29, 0.717) is 18.6 Å². The standard InChI is InChI=1S/C12H17NO5S2/c1-3-4-6-18-7-5-13-20(16,17)11-9(2)8-19-10(11)12(14)15/h3,8,13H,1,4-7H2,2H3,(H,14,15). The summed E-state index contributed by atoms with van der Waals surface area (Å²) in [4.78, 5) is 10.7. The van der Waals surface area contributed by atoms with Gasteiger partial charge < -0.3 is 9.84 Å². The number of carbonyl (C=O) groups is 1. The largest absolute Gasteiger partial charge is 0.477 e. The number of sulfonamides is 1. The van der Waals surface area contributed by atoms with Gasteiger partial charge in [-0.2, -0.15) is 0 Å². The molecule has 6 nitrogen and oxygen atoms in total. The fraction of sp³-hybridized carbons (Fsp3) is 0.417. The second-order valence-electron chi connectivity index (χ2n) is 3.97. The van der Waals surface area contributed by atoms with Gasteiger partial charge in [-0.15, -0.1) is 17.9 Å². The second kappa shape index (κ2) is 7.53. The van der Waals surface area contributed by atoms with Gasteiger partial charge in [-0.1, -0.05) is 6.08 Å². The van der Waals surface area contributed by atoms with Crippen molar-refractivity contribution in [3.63, 3.8) is 0 Å². The highest BCUT2D eigenvalue weighted by atomic mass is 32.2. The Morgan fingerprint density at radius 3 is 2.85 bits per heavy atom. The van der Waals surface area contributed by atoms with Crippen LogP contribution in [-0.2, 0) is 14.8 Å². The molecule has 0 atom stereocenters. The van der Waals surface area contributed by atoms with Crippen molar-refractivity contribution < 1.29 is 23.1 Å². The molecular weight excluding hydrogens is 302 g/mol. The van der Waals surface area contributed by atoms with E-state index in [4.69, 9.17) is 9.84 Å². The molecule has 1 heterocycles. The minimum atomic E-state index is -3.84. The number of rotatable bonds is 9. The summed E-state index contributed by atoms with van der Waals surface area (Å²) in [6.45, 7) is 5.90. The van der Waals surface area contributed by atoms with E-state index >= 15 is 0 Å². The number of hydrogen-bond donors (Lipinski definition) is 2. The van der Waals surface area contributed by atoms with Crippen molar-refractivity contribution in [1.82, 2.24) is 4.72 Å². The smallest absolute Gasteiger partial charge is 0.347 e. The lowest BCUT2D eigenvalue weighted by Crippen LogP contribution is -2.28. The zero-order valence-electron chi connectivity index (χ0n) is 11.1. The van der Waals surface area contributed by atoms with Crippen LogP contribution in [0.4, 0.5) is 0 Å². The molecule has 0 aliphatic carbocycles. The second-order valence-corrected chi connectivity index (χ2v) is 6.55. The van der Waals surface area contributed by atoms with E-state index in [-0.39, 0.29) is 22.9 Å². The highest BCUT2D eigenvalue weighted by Gasteiger charge is 2.26. The van der Waals surface area contributed by atoms with Gasteiger partial charge in [0.25, 0.3) is 0 Å². The third-order valence-corrected chi connectivity index (χ3v) is 5.25. The topological polar surface area (TPSA) is 92.7 Å². The number of aromatic carboxylic acids is 1. The molecule has 20 heavy (non-hydrogen) atoms. The fourth-order valence-electron chi connectivity index (χ4n) is 1.50. The Bertz CT molecular complexity index is 577.